The second-order valence-electron chi connectivity index (χ2n) is 6.77. The molecule has 0 aliphatic rings. The summed E-state index contributed by atoms with van der Waals surface area (Å²) >= 11 is 6.10. The SMILES string of the molecule is Cc1cccc(C)c1NC(=O)c1nnn(CC(=O)NCc2ccccc2Cl)c1C. The molecule has 0 atom stereocenters. The maximum atomic E-state index is 12.6. The van der Waals surface area contributed by atoms with Crippen LogP contribution < -0.4 is 10.6 Å². The van der Waals surface area contributed by atoms with Crippen LogP contribution in [0.25, 0.3) is 0 Å². The number of carbonyl (C=O) groups excluding carboxylic acids is 2. The van der Waals surface area contributed by atoms with Crippen LogP contribution in [0.4, 0.5) is 5.69 Å². The molecule has 3 aromatic rings. The van der Waals surface area contributed by atoms with Gasteiger partial charge in [-0.1, -0.05) is 53.2 Å². The first-order valence-corrected chi connectivity index (χ1v) is 9.52. The molecule has 1 heterocycles. The number of para-hydroxylation sites is 1. The monoisotopic (exact) mass is 411 g/mol. The van der Waals surface area contributed by atoms with Crippen molar-refractivity contribution in [1.82, 2.24) is 20.3 Å². The van der Waals surface area contributed by atoms with Gasteiger partial charge in [-0.05, 0) is 43.5 Å². The Morgan fingerprint density at radius 2 is 1.72 bits per heavy atom. The molecule has 8 heteroatoms. The Morgan fingerprint density at radius 1 is 1.03 bits per heavy atom. The molecule has 0 aliphatic carbocycles. The van der Waals surface area contributed by atoms with E-state index in [-0.39, 0.29) is 24.1 Å². The van der Waals surface area contributed by atoms with Crippen LogP contribution in [0.5, 0.6) is 0 Å². The predicted molar refractivity (Wildman–Crippen MR) is 112 cm³/mol. The van der Waals surface area contributed by atoms with Gasteiger partial charge in [-0.15, -0.1) is 5.10 Å². The highest BCUT2D eigenvalue weighted by atomic mass is 35.5. The molecule has 29 heavy (non-hydrogen) atoms. The molecule has 0 spiro atoms. The van der Waals surface area contributed by atoms with E-state index in [0.717, 1.165) is 22.4 Å². The summed E-state index contributed by atoms with van der Waals surface area (Å²) in [6.07, 6.45) is 0. The number of benzene rings is 2. The number of amides is 2. The van der Waals surface area contributed by atoms with Gasteiger partial charge in [0.2, 0.25) is 5.91 Å². The first-order valence-electron chi connectivity index (χ1n) is 9.14. The molecule has 3 rings (SSSR count). The van der Waals surface area contributed by atoms with Gasteiger partial charge in [0.1, 0.15) is 6.54 Å². The molecule has 0 bridgehead atoms. The van der Waals surface area contributed by atoms with Crippen molar-refractivity contribution < 1.29 is 9.59 Å². The molecule has 0 saturated carbocycles. The fraction of sp³-hybridized carbons (Fsp3) is 0.238. The zero-order valence-electron chi connectivity index (χ0n) is 16.5. The highest BCUT2D eigenvalue weighted by Gasteiger charge is 2.19. The van der Waals surface area contributed by atoms with Gasteiger partial charge in [0.05, 0.1) is 5.69 Å². The lowest BCUT2D eigenvalue weighted by atomic mass is 10.1. The molecule has 1 aromatic heterocycles. The van der Waals surface area contributed by atoms with E-state index in [9.17, 15) is 9.59 Å². The minimum Gasteiger partial charge on any atom is -0.350 e. The summed E-state index contributed by atoms with van der Waals surface area (Å²) < 4.78 is 1.40. The molecule has 0 aliphatic heterocycles. The van der Waals surface area contributed by atoms with E-state index in [1.165, 1.54) is 4.68 Å². The minimum absolute atomic E-state index is 0.0417. The molecule has 2 N–H and O–H groups in total. The number of aromatic nitrogens is 3. The Morgan fingerprint density at radius 3 is 2.41 bits per heavy atom. The lowest BCUT2D eigenvalue weighted by Gasteiger charge is -2.11. The molecule has 150 valence electrons. The smallest absolute Gasteiger partial charge is 0.278 e. The summed E-state index contributed by atoms with van der Waals surface area (Å²) in [6.45, 7) is 5.83. The third kappa shape index (κ3) is 4.81. The topological polar surface area (TPSA) is 88.9 Å². The lowest BCUT2D eigenvalue weighted by molar-refractivity contribution is -0.122. The number of rotatable bonds is 6. The molecular weight excluding hydrogens is 390 g/mol. The lowest BCUT2D eigenvalue weighted by Crippen LogP contribution is -2.28. The quantitative estimate of drug-likeness (QED) is 0.650. The van der Waals surface area contributed by atoms with Crippen LogP contribution in [-0.4, -0.2) is 26.8 Å². The third-order valence-corrected chi connectivity index (χ3v) is 5.01. The minimum atomic E-state index is -0.359. The number of nitrogens with zero attached hydrogens (tertiary/aromatic N) is 3. The van der Waals surface area contributed by atoms with E-state index in [1.54, 1.807) is 13.0 Å². The Labute approximate surface area is 174 Å². The highest BCUT2D eigenvalue weighted by Crippen LogP contribution is 2.20. The van der Waals surface area contributed by atoms with Gasteiger partial charge in [0, 0.05) is 17.3 Å². The number of aryl methyl sites for hydroxylation is 2. The van der Waals surface area contributed by atoms with Gasteiger partial charge in [-0.2, -0.15) is 0 Å². The molecule has 2 aromatic carbocycles. The second kappa shape index (κ2) is 8.87. The van der Waals surface area contributed by atoms with Crippen LogP contribution in [0, 0.1) is 20.8 Å². The highest BCUT2D eigenvalue weighted by molar-refractivity contribution is 6.31. The van der Waals surface area contributed by atoms with Gasteiger partial charge in [0.25, 0.3) is 5.91 Å². The van der Waals surface area contributed by atoms with Crippen molar-refractivity contribution in [2.45, 2.75) is 33.9 Å². The van der Waals surface area contributed by atoms with Crippen molar-refractivity contribution in [2.24, 2.45) is 0 Å². The van der Waals surface area contributed by atoms with Gasteiger partial charge in [-0.3, -0.25) is 9.59 Å². The van der Waals surface area contributed by atoms with Gasteiger partial charge >= 0.3 is 0 Å². The van der Waals surface area contributed by atoms with Gasteiger partial charge in [-0.25, -0.2) is 4.68 Å². The van der Waals surface area contributed by atoms with Crippen LogP contribution >= 0.6 is 11.6 Å². The molecule has 0 saturated heterocycles. The third-order valence-electron chi connectivity index (χ3n) is 4.64. The number of halogens is 1. The van der Waals surface area contributed by atoms with Gasteiger partial charge < -0.3 is 10.6 Å². The van der Waals surface area contributed by atoms with Crippen molar-refractivity contribution >= 4 is 29.1 Å². The number of anilines is 1. The average Bonchev–Trinajstić information content (AvgIpc) is 3.04. The van der Waals surface area contributed by atoms with E-state index in [0.29, 0.717) is 17.3 Å². The van der Waals surface area contributed by atoms with Gasteiger partial charge in [0.15, 0.2) is 5.69 Å². The average molecular weight is 412 g/mol. The standard InChI is InChI=1S/C21H22ClN5O2/c1-13-7-6-8-14(2)19(13)24-21(29)20-15(3)27(26-25-20)12-18(28)23-11-16-9-4-5-10-17(16)22/h4-10H,11-12H2,1-3H3,(H,23,28)(H,24,29). The summed E-state index contributed by atoms with van der Waals surface area (Å²) in [6, 6.07) is 13.1. The number of nitrogens with one attached hydrogen (secondary N) is 2. The molecular formula is C21H22ClN5O2. The molecule has 7 nitrogen and oxygen atoms in total. The zero-order chi connectivity index (χ0) is 21.0. The van der Waals surface area contributed by atoms with Crippen molar-refractivity contribution in [3.05, 3.63) is 75.6 Å². The fourth-order valence-corrected chi connectivity index (χ4v) is 3.13. The number of hydrogen-bond acceptors (Lipinski definition) is 4. The maximum Gasteiger partial charge on any atom is 0.278 e. The summed E-state index contributed by atoms with van der Waals surface area (Å²) in [5.41, 5.74) is 4.20. The van der Waals surface area contributed by atoms with Crippen LogP contribution in [0.1, 0.15) is 32.9 Å². The van der Waals surface area contributed by atoms with Crippen LogP contribution in [-0.2, 0) is 17.9 Å². The molecule has 0 radical (unpaired) electrons. The Bertz CT molecular complexity index is 1040. The number of hydrogen-bond donors (Lipinski definition) is 2. The summed E-state index contributed by atoms with van der Waals surface area (Å²) in [5.74, 6) is -0.609. The van der Waals surface area contributed by atoms with E-state index < -0.39 is 0 Å². The van der Waals surface area contributed by atoms with Crippen LogP contribution in [0.2, 0.25) is 5.02 Å². The van der Waals surface area contributed by atoms with E-state index in [1.807, 2.05) is 50.2 Å². The van der Waals surface area contributed by atoms with E-state index in [2.05, 4.69) is 20.9 Å². The van der Waals surface area contributed by atoms with Crippen molar-refractivity contribution in [2.75, 3.05) is 5.32 Å². The normalized spacial score (nSPS) is 10.6. The Hall–Kier alpha value is -3.19. The first-order chi connectivity index (χ1) is 13.9. The summed E-state index contributed by atoms with van der Waals surface area (Å²) in [4.78, 5) is 24.9. The molecule has 0 fully saturated rings. The van der Waals surface area contributed by atoms with Crippen molar-refractivity contribution in [3.8, 4) is 0 Å². The maximum absolute atomic E-state index is 12.6. The Balaban J connectivity index is 1.65. The van der Waals surface area contributed by atoms with E-state index >= 15 is 0 Å². The Kier molecular flexibility index (Phi) is 6.29. The number of carbonyl (C=O) groups is 2. The van der Waals surface area contributed by atoms with Crippen molar-refractivity contribution in [3.63, 3.8) is 0 Å². The summed E-state index contributed by atoms with van der Waals surface area (Å²) in [7, 11) is 0. The van der Waals surface area contributed by atoms with Crippen LogP contribution in [0.3, 0.4) is 0 Å². The summed E-state index contributed by atoms with van der Waals surface area (Å²) in [5, 5.41) is 14.2. The second-order valence-corrected chi connectivity index (χ2v) is 7.18. The zero-order valence-corrected chi connectivity index (χ0v) is 17.2. The van der Waals surface area contributed by atoms with Crippen molar-refractivity contribution in [1.29, 1.82) is 0 Å². The van der Waals surface area contributed by atoms with E-state index in [4.69, 9.17) is 11.6 Å². The fourth-order valence-electron chi connectivity index (χ4n) is 2.93. The first kappa shape index (κ1) is 20.5. The largest absolute Gasteiger partial charge is 0.350 e. The molecule has 2 amide bonds. The predicted octanol–water partition coefficient (Wildman–Crippen LogP) is 3.43. The molecule has 0 unspecified atom stereocenters. The van der Waals surface area contributed by atoms with Crippen LogP contribution in [0.15, 0.2) is 42.5 Å².